The Morgan fingerprint density at radius 2 is 2.05 bits per heavy atom. The van der Waals surface area contributed by atoms with Crippen LogP contribution in [-0.4, -0.2) is 16.7 Å². The third-order valence-electron chi connectivity index (χ3n) is 2.50. The summed E-state index contributed by atoms with van der Waals surface area (Å²) in [4.78, 5) is 22.5. The van der Waals surface area contributed by atoms with E-state index in [0.717, 1.165) is 5.56 Å². The van der Waals surface area contributed by atoms with Crippen LogP contribution in [0.5, 0.6) is 0 Å². The molecule has 0 aromatic heterocycles. The van der Waals surface area contributed by atoms with E-state index >= 15 is 0 Å². The maximum atomic E-state index is 11.7. The highest BCUT2D eigenvalue weighted by Gasteiger charge is 2.23. The summed E-state index contributed by atoms with van der Waals surface area (Å²) >= 11 is 5.86. The molecular weight excluding hydrogens is 294 g/mol. The van der Waals surface area contributed by atoms with Gasteiger partial charge in [0.15, 0.2) is 0 Å². The summed E-state index contributed by atoms with van der Waals surface area (Å²) in [6.07, 6.45) is 0.523. The SMILES string of the molecule is CC(C)(C)OC(=O)C(N=O)=C(O)CCc1cccc(Cl)c1. The van der Waals surface area contributed by atoms with Crippen LogP contribution in [0.3, 0.4) is 0 Å². The fourth-order valence-corrected chi connectivity index (χ4v) is 1.82. The van der Waals surface area contributed by atoms with Crippen LogP contribution in [0.2, 0.25) is 5.02 Å². The molecule has 0 aliphatic carbocycles. The van der Waals surface area contributed by atoms with Gasteiger partial charge < -0.3 is 9.84 Å². The van der Waals surface area contributed by atoms with E-state index in [0.29, 0.717) is 11.4 Å². The van der Waals surface area contributed by atoms with Gasteiger partial charge in [-0.3, -0.25) is 0 Å². The summed E-state index contributed by atoms with van der Waals surface area (Å²) in [6, 6.07) is 7.10. The zero-order valence-electron chi connectivity index (χ0n) is 12.2. The fourth-order valence-electron chi connectivity index (χ4n) is 1.61. The Labute approximate surface area is 128 Å². The van der Waals surface area contributed by atoms with Crippen LogP contribution in [0.4, 0.5) is 0 Å². The molecule has 0 amide bonds. The number of benzene rings is 1. The van der Waals surface area contributed by atoms with E-state index in [9.17, 15) is 14.8 Å². The van der Waals surface area contributed by atoms with Crippen molar-refractivity contribution in [1.82, 2.24) is 0 Å². The lowest BCUT2D eigenvalue weighted by Crippen LogP contribution is -2.25. The molecule has 0 spiro atoms. The van der Waals surface area contributed by atoms with Gasteiger partial charge in [0, 0.05) is 11.4 Å². The second-order valence-electron chi connectivity index (χ2n) is 5.52. The normalized spacial score (nSPS) is 12.6. The summed E-state index contributed by atoms with van der Waals surface area (Å²) in [5, 5.41) is 13.0. The molecule has 0 fully saturated rings. The van der Waals surface area contributed by atoms with Gasteiger partial charge in [0.1, 0.15) is 11.4 Å². The molecule has 0 bridgehead atoms. The quantitative estimate of drug-likeness (QED) is 0.383. The molecule has 1 N–H and O–H groups in total. The lowest BCUT2D eigenvalue weighted by atomic mass is 10.1. The maximum absolute atomic E-state index is 11.7. The first-order valence-electron chi connectivity index (χ1n) is 6.46. The van der Waals surface area contributed by atoms with Crippen molar-refractivity contribution < 1.29 is 14.6 Å². The molecule has 114 valence electrons. The minimum absolute atomic E-state index is 0.0979. The number of ether oxygens (including phenoxy) is 1. The molecule has 0 saturated heterocycles. The van der Waals surface area contributed by atoms with Crippen molar-refractivity contribution in [1.29, 1.82) is 0 Å². The van der Waals surface area contributed by atoms with Crippen molar-refractivity contribution in [2.45, 2.75) is 39.2 Å². The summed E-state index contributed by atoms with van der Waals surface area (Å²) in [7, 11) is 0. The largest absolute Gasteiger partial charge is 0.510 e. The number of rotatable bonds is 5. The van der Waals surface area contributed by atoms with Crippen LogP contribution in [0.15, 0.2) is 40.9 Å². The highest BCUT2D eigenvalue weighted by Crippen LogP contribution is 2.18. The summed E-state index contributed by atoms with van der Waals surface area (Å²) < 4.78 is 5.01. The van der Waals surface area contributed by atoms with E-state index in [-0.39, 0.29) is 12.2 Å². The second kappa shape index (κ2) is 7.22. The molecule has 6 heteroatoms. The zero-order valence-corrected chi connectivity index (χ0v) is 13.0. The Morgan fingerprint density at radius 3 is 2.57 bits per heavy atom. The van der Waals surface area contributed by atoms with Gasteiger partial charge in [-0.05, 0) is 50.1 Å². The molecule has 0 atom stereocenters. The number of aliphatic hydroxyl groups excluding tert-OH is 1. The Kier molecular flexibility index (Phi) is 5.90. The molecule has 5 nitrogen and oxygen atoms in total. The number of carbonyl (C=O) groups excluding carboxylic acids is 1. The first-order valence-corrected chi connectivity index (χ1v) is 6.84. The topological polar surface area (TPSA) is 76.0 Å². The highest BCUT2D eigenvalue weighted by atomic mass is 35.5. The molecular formula is C15H18ClNO4. The average Bonchev–Trinajstić information content (AvgIpc) is 2.35. The van der Waals surface area contributed by atoms with E-state index in [1.807, 2.05) is 6.07 Å². The monoisotopic (exact) mass is 311 g/mol. The minimum Gasteiger partial charge on any atom is -0.510 e. The van der Waals surface area contributed by atoms with Crippen LogP contribution in [0.1, 0.15) is 32.8 Å². The Bertz CT molecular complexity index is 561. The van der Waals surface area contributed by atoms with E-state index < -0.39 is 17.3 Å². The molecule has 1 aromatic rings. The molecule has 0 unspecified atom stereocenters. The number of hydrogen-bond donors (Lipinski definition) is 1. The van der Waals surface area contributed by atoms with Crippen LogP contribution in [0.25, 0.3) is 0 Å². The van der Waals surface area contributed by atoms with Crippen LogP contribution >= 0.6 is 11.6 Å². The molecule has 1 aromatic carbocycles. The van der Waals surface area contributed by atoms with Gasteiger partial charge in [0.05, 0.1) is 0 Å². The Morgan fingerprint density at radius 1 is 1.38 bits per heavy atom. The first kappa shape index (κ1) is 17.2. The standard InChI is InChI=1S/C15H18ClNO4/c1-15(2,3)21-14(19)13(17-20)12(18)8-7-10-5-4-6-11(16)9-10/h4-6,9,18H,7-8H2,1-3H3. The molecule has 1 rings (SSSR count). The lowest BCUT2D eigenvalue weighted by Gasteiger charge is -2.19. The smallest absolute Gasteiger partial charge is 0.364 e. The van der Waals surface area contributed by atoms with Gasteiger partial charge in [-0.15, -0.1) is 4.91 Å². The van der Waals surface area contributed by atoms with Gasteiger partial charge in [0.2, 0.25) is 5.70 Å². The Hall–Kier alpha value is -1.88. The fraction of sp³-hybridized carbons (Fsp3) is 0.400. The van der Waals surface area contributed by atoms with E-state index in [4.69, 9.17) is 16.3 Å². The van der Waals surface area contributed by atoms with Crippen molar-refractivity contribution in [3.8, 4) is 0 Å². The van der Waals surface area contributed by atoms with Crippen molar-refractivity contribution in [2.75, 3.05) is 0 Å². The van der Waals surface area contributed by atoms with Crippen LogP contribution < -0.4 is 0 Å². The third-order valence-corrected chi connectivity index (χ3v) is 2.73. The van der Waals surface area contributed by atoms with Crippen LogP contribution in [0, 0.1) is 4.91 Å². The van der Waals surface area contributed by atoms with E-state index in [1.165, 1.54) is 0 Å². The highest BCUT2D eigenvalue weighted by molar-refractivity contribution is 6.30. The minimum atomic E-state index is -0.930. The van der Waals surface area contributed by atoms with Crippen LogP contribution in [-0.2, 0) is 16.0 Å². The summed E-state index contributed by atoms with van der Waals surface area (Å²) in [5.74, 6) is -1.32. The number of aryl methyl sites for hydroxylation is 1. The molecule has 0 aliphatic rings. The zero-order chi connectivity index (χ0) is 16.0. The van der Waals surface area contributed by atoms with Gasteiger partial charge in [-0.2, -0.15) is 0 Å². The number of hydrogen-bond acceptors (Lipinski definition) is 5. The molecule has 0 saturated carbocycles. The number of nitroso groups, excluding NO2 is 1. The second-order valence-corrected chi connectivity index (χ2v) is 5.95. The molecule has 0 aliphatic heterocycles. The predicted molar refractivity (Wildman–Crippen MR) is 81.1 cm³/mol. The first-order chi connectivity index (χ1) is 9.73. The summed E-state index contributed by atoms with van der Waals surface area (Å²) in [6.45, 7) is 4.99. The van der Waals surface area contributed by atoms with Crippen molar-refractivity contribution >= 4 is 17.6 Å². The van der Waals surface area contributed by atoms with Crippen molar-refractivity contribution in [3.05, 3.63) is 51.2 Å². The number of carbonyl (C=O) groups is 1. The summed E-state index contributed by atoms with van der Waals surface area (Å²) in [5.41, 5.74) is -0.476. The van der Waals surface area contributed by atoms with Gasteiger partial charge >= 0.3 is 5.97 Å². The number of halogens is 1. The number of esters is 1. The molecule has 21 heavy (non-hydrogen) atoms. The maximum Gasteiger partial charge on any atom is 0.364 e. The molecule has 0 heterocycles. The van der Waals surface area contributed by atoms with Gasteiger partial charge in [-0.1, -0.05) is 23.7 Å². The number of nitrogens with zero attached hydrogens (tertiary/aromatic N) is 1. The average molecular weight is 312 g/mol. The van der Waals surface area contributed by atoms with Gasteiger partial charge in [-0.25, -0.2) is 4.79 Å². The third kappa shape index (κ3) is 5.95. The van der Waals surface area contributed by atoms with E-state index in [2.05, 4.69) is 5.18 Å². The van der Waals surface area contributed by atoms with Crippen molar-refractivity contribution in [2.24, 2.45) is 5.18 Å². The Balaban J connectivity index is 2.79. The number of allylic oxidation sites excluding steroid dienone is 1. The molecule has 0 radical (unpaired) electrons. The van der Waals surface area contributed by atoms with Crippen molar-refractivity contribution in [3.63, 3.8) is 0 Å². The van der Waals surface area contributed by atoms with Gasteiger partial charge in [0.25, 0.3) is 0 Å². The number of aliphatic hydroxyl groups is 1. The lowest BCUT2D eigenvalue weighted by molar-refractivity contribution is -0.150. The van der Waals surface area contributed by atoms with E-state index in [1.54, 1.807) is 39.0 Å². The predicted octanol–water partition coefficient (Wildman–Crippen LogP) is 4.15.